The Morgan fingerprint density at radius 3 is 2.34 bits per heavy atom. The molecule has 0 spiro atoms. The second-order valence-electron chi connectivity index (χ2n) is 7.00. The van der Waals surface area contributed by atoms with Crippen molar-refractivity contribution in [2.24, 2.45) is 11.7 Å². The first kappa shape index (κ1) is 23.4. The van der Waals surface area contributed by atoms with Crippen LogP contribution in [0.15, 0.2) is 66.0 Å². The molecule has 2 atom stereocenters. The molecule has 1 fully saturated rings. The third-order valence-electron chi connectivity index (χ3n) is 5.23. The van der Waals surface area contributed by atoms with E-state index in [-0.39, 0.29) is 30.7 Å². The molecule has 0 bridgehead atoms. The van der Waals surface area contributed by atoms with Crippen LogP contribution >= 0.6 is 36.2 Å². The van der Waals surface area contributed by atoms with E-state index in [4.69, 9.17) is 5.73 Å². The fraction of sp³-hybridized carbons (Fsp3) is 0.273. The molecule has 2 aromatic carbocycles. The number of benzene rings is 2. The average molecular weight is 450 g/mol. The highest BCUT2D eigenvalue weighted by Crippen LogP contribution is 2.32. The lowest BCUT2D eigenvalue weighted by atomic mass is 9.89. The summed E-state index contributed by atoms with van der Waals surface area (Å²) in [6, 6.07) is 20.5. The first-order valence-corrected chi connectivity index (χ1v) is 10.1. The van der Waals surface area contributed by atoms with E-state index in [1.807, 2.05) is 58.8 Å². The minimum absolute atomic E-state index is 0. The number of thiazole rings is 1. The van der Waals surface area contributed by atoms with Gasteiger partial charge in [0, 0.05) is 30.0 Å². The van der Waals surface area contributed by atoms with Crippen molar-refractivity contribution >= 4 is 42.1 Å². The molecular formula is C22H25Cl2N3OS. The number of carbonyl (C=O) groups excluding carboxylic acids is 1. The van der Waals surface area contributed by atoms with Crippen LogP contribution in [0.5, 0.6) is 0 Å². The Morgan fingerprint density at radius 2 is 1.69 bits per heavy atom. The first-order chi connectivity index (χ1) is 13.2. The largest absolute Gasteiger partial charge is 0.341 e. The maximum Gasteiger partial charge on any atom is 0.228 e. The van der Waals surface area contributed by atoms with Crippen LogP contribution in [-0.4, -0.2) is 35.4 Å². The smallest absolute Gasteiger partial charge is 0.228 e. The molecule has 0 aliphatic carbocycles. The molecule has 154 valence electrons. The maximum atomic E-state index is 12.8. The lowest BCUT2D eigenvalue weighted by molar-refractivity contribution is -0.129. The Labute approximate surface area is 188 Å². The Hall–Kier alpha value is -1.92. The Balaban J connectivity index is 0.00000150. The summed E-state index contributed by atoms with van der Waals surface area (Å²) in [5.41, 5.74) is 9.20. The lowest BCUT2D eigenvalue weighted by Gasteiger charge is -2.16. The third kappa shape index (κ3) is 5.37. The second kappa shape index (κ2) is 10.7. The molecule has 1 aromatic heterocycles. The molecule has 1 aliphatic rings. The number of nitrogens with zero attached hydrogens (tertiary/aromatic N) is 2. The molecule has 29 heavy (non-hydrogen) atoms. The van der Waals surface area contributed by atoms with Crippen LogP contribution in [0.4, 0.5) is 0 Å². The highest BCUT2D eigenvalue weighted by Gasteiger charge is 2.35. The quantitative estimate of drug-likeness (QED) is 0.627. The highest BCUT2D eigenvalue weighted by molar-refractivity contribution is 7.13. The average Bonchev–Trinajstić information content (AvgIpc) is 3.36. The minimum atomic E-state index is 0. The fourth-order valence-electron chi connectivity index (χ4n) is 3.76. The van der Waals surface area contributed by atoms with E-state index < -0.39 is 0 Å². The van der Waals surface area contributed by atoms with Crippen molar-refractivity contribution in [1.82, 2.24) is 9.88 Å². The van der Waals surface area contributed by atoms with Gasteiger partial charge < -0.3 is 10.6 Å². The van der Waals surface area contributed by atoms with Crippen LogP contribution in [0, 0.1) is 5.92 Å². The zero-order chi connectivity index (χ0) is 18.6. The van der Waals surface area contributed by atoms with Gasteiger partial charge in [-0.15, -0.1) is 36.2 Å². The number of hydrogen-bond acceptors (Lipinski definition) is 4. The summed E-state index contributed by atoms with van der Waals surface area (Å²) in [6.45, 7) is 2.06. The van der Waals surface area contributed by atoms with Crippen molar-refractivity contribution in [2.75, 3.05) is 19.6 Å². The first-order valence-electron chi connectivity index (χ1n) is 9.27. The summed E-state index contributed by atoms with van der Waals surface area (Å²) < 4.78 is 0. The summed E-state index contributed by atoms with van der Waals surface area (Å²) in [4.78, 5) is 19.5. The highest BCUT2D eigenvalue weighted by atomic mass is 35.5. The molecule has 1 amide bonds. The SMILES string of the molecule is Cl.Cl.NC[C@@H]1CN(C(=O)Cc2csc(-c3ccccc3)n2)C[C@H]1c1ccccc1. The zero-order valence-corrected chi connectivity index (χ0v) is 18.4. The van der Waals surface area contributed by atoms with Gasteiger partial charge in [0.1, 0.15) is 5.01 Å². The zero-order valence-electron chi connectivity index (χ0n) is 15.9. The van der Waals surface area contributed by atoms with Gasteiger partial charge in [0.15, 0.2) is 0 Å². The predicted octanol–water partition coefficient (Wildman–Crippen LogP) is 4.40. The number of rotatable bonds is 5. The molecule has 2 heterocycles. The molecule has 1 saturated heterocycles. The van der Waals surface area contributed by atoms with Gasteiger partial charge in [0.05, 0.1) is 12.1 Å². The van der Waals surface area contributed by atoms with Gasteiger partial charge >= 0.3 is 0 Å². The summed E-state index contributed by atoms with van der Waals surface area (Å²) >= 11 is 1.59. The van der Waals surface area contributed by atoms with Crippen LogP contribution in [-0.2, 0) is 11.2 Å². The summed E-state index contributed by atoms with van der Waals surface area (Å²) in [5.74, 6) is 0.763. The maximum absolute atomic E-state index is 12.8. The number of amides is 1. The number of halogens is 2. The number of likely N-dealkylation sites (tertiary alicyclic amines) is 1. The van der Waals surface area contributed by atoms with E-state index >= 15 is 0 Å². The van der Waals surface area contributed by atoms with Crippen LogP contribution < -0.4 is 5.73 Å². The van der Waals surface area contributed by atoms with E-state index in [9.17, 15) is 4.79 Å². The molecule has 0 radical (unpaired) electrons. The Kier molecular flexibility index (Phi) is 8.65. The number of carbonyl (C=O) groups is 1. The summed E-state index contributed by atoms with van der Waals surface area (Å²) in [6.07, 6.45) is 0.349. The van der Waals surface area contributed by atoms with Crippen LogP contribution in [0.2, 0.25) is 0 Å². The van der Waals surface area contributed by atoms with Gasteiger partial charge in [-0.3, -0.25) is 4.79 Å². The molecule has 4 rings (SSSR count). The van der Waals surface area contributed by atoms with Gasteiger partial charge in [-0.25, -0.2) is 4.98 Å². The van der Waals surface area contributed by atoms with Gasteiger partial charge in [0.2, 0.25) is 5.91 Å². The third-order valence-corrected chi connectivity index (χ3v) is 6.17. The normalized spacial score (nSPS) is 18.0. The van der Waals surface area contributed by atoms with E-state index in [1.165, 1.54) is 5.56 Å². The van der Waals surface area contributed by atoms with Gasteiger partial charge in [-0.1, -0.05) is 60.7 Å². The molecule has 7 heteroatoms. The monoisotopic (exact) mass is 449 g/mol. The summed E-state index contributed by atoms with van der Waals surface area (Å²) in [7, 11) is 0. The van der Waals surface area contributed by atoms with Crippen molar-refractivity contribution in [1.29, 1.82) is 0 Å². The van der Waals surface area contributed by atoms with Crippen LogP contribution in [0.1, 0.15) is 17.2 Å². The standard InChI is InChI=1S/C22H23N3OS.2ClH/c23-12-18-13-25(14-20(18)16-7-3-1-4-8-16)21(26)11-19-15-27-22(24-19)17-9-5-2-6-10-17;;/h1-10,15,18,20H,11-14,23H2;2*1H/t18-,20+;;/m1../s1. The van der Waals surface area contributed by atoms with Gasteiger partial charge in [0.25, 0.3) is 0 Å². The van der Waals surface area contributed by atoms with Crippen molar-refractivity contribution in [2.45, 2.75) is 12.3 Å². The number of hydrogen-bond donors (Lipinski definition) is 1. The number of nitrogens with two attached hydrogens (primary N) is 1. The van der Waals surface area contributed by atoms with E-state index in [0.29, 0.717) is 24.8 Å². The number of aromatic nitrogens is 1. The molecule has 4 nitrogen and oxygen atoms in total. The van der Waals surface area contributed by atoms with E-state index in [0.717, 1.165) is 29.4 Å². The molecule has 1 aliphatic heterocycles. The second-order valence-corrected chi connectivity index (χ2v) is 7.86. The lowest BCUT2D eigenvalue weighted by Crippen LogP contribution is -2.31. The Morgan fingerprint density at radius 1 is 1.03 bits per heavy atom. The molecule has 3 aromatic rings. The van der Waals surface area contributed by atoms with Gasteiger partial charge in [-0.2, -0.15) is 0 Å². The van der Waals surface area contributed by atoms with Crippen LogP contribution in [0.3, 0.4) is 0 Å². The van der Waals surface area contributed by atoms with Crippen molar-refractivity contribution < 1.29 is 4.79 Å². The molecule has 0 unspecified atom stereocenters. The van der Waals surface area contributed by atoms with Crippen molar-refractivity contribution in [3.63, 3.8) is 0 Å². The molecule has 0 saturated carbocycles. The fourth-order valence-corrected chi connectivity index (χ4v) is 4.59. The van der Waals surface area contributed by atoms with E-state index in [1.54, 1.807) is 11.3 Å². The van der Waals surface area contributed by atoms with Crippen molar-refractivity contribution in [3.8, 4) is 10.6 Å². The minimum Gasteiger partial charge on any atom is -0.341 e. The van der Waals surface area contributed by atoms with Gasteiger partial charge in [-0.05, 0) is 18.0 Å². The molecule has 2 N–H and O–H groups in total. The summed E-state index contributed by atoms with van der Waals surface area (Å²) in [5, 5.41) is 2.95. The van der Waals surface area contributed by atoms with E-state index in [2.05, 4.69) is 17.1 Å². The van der Waals surface area contributed by atoms with Crippen molar-refractivity contribution in [3.05, 3.63) is 77.3 Å². The predicted molar refractivity (Wildman–Crippen MR) is 124 cm³/mol. The van der Waals surface area contributed by atoms with Crippen LogP contribution in [0.25, 0.3) is 10.6 Å². The Bertz CT molecular complexity index is 905. The topological polar surface area (TPSA) is 59.2 Å². The molecular weight excluding hydrogens is 425 g/mol.